The monoisotopic (exact) mass is 637 g/mol. The number of methoxy groups -OCH3 is 2. The lowest BCUT2D eigenvalue weighted by Crippen LogP contribution is -2.29. The maximum absolute atomic E-state index is 5.57. The Labute approximate surface area is 286 Å². The Hall–Kier alpha value is -4.25. The minimum absolute atomic E-state index is 0.127. The third-order valence-electron chi connectivity index (χ3n) is 10.8. The Morgan fingerprint density at radius 2 is 1.42 bits per heavy atom. The van der Waals surface area contributed by atoms with Crippen LogP contribution in [0.3, 0.4) is 0 Å². The Balaban J connectivity index is 1.23. The first-order chi connectivity index (χ1) is 23.3. The van der Waals surface area contributed by atoms with Gasteiger partial charge in [0.05, 0.1) is 12.0 Å². The van der Waals surface area contributed by atoms with Gasteiger partial charge in [-0.1, -0.05) is 86.7 Å². The van der Waals surface area contributed by atoms with Crippen molar-refractivity contribution in [2.75, 3.05) is 45.4 Å². The molecule has 0 amide bonds. The SMILES string of the molecule is COCCN1C(=CC=C2C=C(C=CC3=[N+](CCOC)c4ccc5ccccc5c4C3(C)C)CCC2)C(C)(C)c2c1ccc1ccccc21. The summed E-state index contributed by atoms with van der Waals surface area (Å²) in [4.78, 5) is 2.48. The van der Waals surface area contributed by atoms with E-state index >= 15 is 0 Å². The van der Waals surface area contributed by atoms with E-state index < -0.39 is 0 Å². The van der Waals surface area contributed by atoms with E-state index in [4.69, 9.17) is 9.47 Å². The van der Waals surface area contributed by atoms with Gasteiger partial charge in [-0.2, -0.15) is 4.58 Å². The van der Waals surface area contributed by atoms with Crippen molar-refractivity contribution < 1.29 is 14.0 Å². The fourth-order valence-corrected chi connectivity index (χ4v) is 8.43. The molecule has 48 heavy (non-hydrogen) atoms. The molecule has 0 radical (unpaired) electrons. The third kappa shape index (κ3) is 5.55. The van der Waals surface area contributed by atoms with Crippen LogP contribution in [0.5, 0.6) is 0 Å². The summed E-state index contributed by atoms with van der Waals surface area (Å²) >= 11 is 0. The zero-order chi connectivity index (χ0) is 33.5. The van der Waals surface area contributed by atoms with Crippen molar-refractivity contribution in [3.63, 3.8) is 0 Å². The van der Waals surface area contributed by atoms with Crippen molar-refractivity contribution in [1.82, 2.24) is 0 Å². The molecule has 7 rings (SSSR count). The number of rotatable bonds is 9. The quantitative estimate of drug-likeness (QED) is 0.171. The predicted octanol–water partition coefficient (Wildman–Crippen LogP) is 9.94. The van der Waals surface area contributed by atoms with Gasteiger partial charge in [-0.3, -0.25) is 0 Å². The summed E-state index contributed by atoms with van der Waals surface area (Å²) in [6.45, 7) is 12.5. The van der Waals surface area contributed by atoms with Crippen LogP contribution in [0.15, 0.2) is 120 Å². The number of ether oxygens (including phenoxy) is 2. The van der Waals surface area contributed by atoms with E-state index in [0.717, 1.165) is 32.4 Å². The Bertz CT molecular complexity index is 2040. The van der Waals surface area contributed by atoms with E-state index in [9.17, 15) is 0 Å². The van der Waals surface area contributed by atoms with Crippen LogP contribution in [-0.4, -0.2) is 50.8 Å². The molecule has 0 fully saturated rings. The maximum atomic E-state index is 5.57. The van der Waals surface area contributed by atoms with Crippen LogP contribution in [0.2, 0.25) is 0 Å². The van der Waals surface area contributed by atoms with Gasteiger partial charge in [0.1, 0.15) is 6.61 Å². The van der Waals surface area contributed by atoms with Crippen molar-refractivity contribution in [2.45, 2.75) is 57.8 Å². The molecule has 4 heteroatoms. The first-order valence-corrected chi connectivity index (χ1v) is 17.5. The summed E-state index contributed by atoms with van der Waals surface area (Å²) < 4.78 is 13.6. The van der Waals surface area contributed by atoms with Crippen molar-refractivity contribution in [1.29, 1.82) is 0 Å². The highest BCUT2D eigenvalue weighted by Crippen LogP contribution is 2.51. The predicted molar refractivity (Wildman–Crippen MR) is 202 cm³/mol. The molecule has 2 aliphatic heterocycles. The second-order valence-corrected chi connectivity index (χ2v) is 14.5. The topological polar surface area (TPSA) is 24.7 Å². The lowest BCUT2D eigenvalue weighted by molar-refractivity contribution is -0.441. The van der Waals surface area contributed by atoms with Gasteiger partial charge in [-0.05, 0) is 89.6 Å². The number of anilines is 1. The molecule has 0 saturated heterocycles. The molecule has 2 heterocycles. The molecule has 0 spiro atoms. The molecule has 246 valence electrons. The van der Waals surface area contributed by atoms with E-state index in [0.29, 0.717) is 13.2 Å². The summed E-state index contributed by atoms with van der Waals surface area (Å²) in [7, 11) is 3.58. The van der Waals surface area contributed by atoms with Crippen LogP contribution in [0.25, 0.3) is 21.5 Å². The van der Waals surface area contributed by atoms with Crippen LogP contribution in [-0.2, 0) is 20.3 Å². The molecular weight excluding hydrogens is 588 g/mol. The van der Waals surface area contributed by atoms with Crippen molar-refractivity contribution in [2.24, 2.45) is 0 Å². The van der Waals surface area contributed by atoms with E-state index in [1.807, 2.05) is 0 Å². The average molecular weight is 638 g/mol. The van der Waals surface area contributed by atoms with E-state index in [-0.39, 0.29) is 10.8 Å². The highest BCUT2D eigenvalue weighted by Gasteiger charge is 2.45. The second-order valence-electron chi connectivity index (χ2n) is 14.5. The van der Waals surface area contributed by atoms with Crippen molar-refractivity contribution in [3.8, 4) is 0 Å². The zero-order valence-corrected chi connectivity index (χ0v) is 29.5. The van der Waals surface area contributed by atoms with E-state index in [2.05, 4.69) is 140 Å². The normalized spacial score (nSPS) is 20.0. The van der Waals surface area contributed by atoms with Gasteiger partial charge in [-0.25, -0.2) is 0 Å². The molecule has 4 nitrogen and oxygen atoms in total. The zero-order valence-electron chi connectivity index (χ0n) is 29.5. The summed E-state index contributed by atoms with van der Waals surface area (Å²) in [5.74, 6) is 0. The number of nitrogens with zero attached hydrogens (tertiary/aromatic N) is 2. The average Bonchev–Trinajstić information content (AvgIpc) is 3.46. The molecule has 4 aromatic carbocycles. The van der Waals surface area contributed by atoms with E-state index in [1.54, 1.807) is 14.2 Å². The summed E-state index contributed by atoms with van der Waals surface area (Å²) in [5, 5.41) is 5.27. The minimum atomic E-state index is -0.127. The Morgan fingerprint density at radius 3 is 2.15 bits per heavy atom. The number of fused-ring (bicyclic) bond motifs is 6. The first kappa shape index (κ1) is 32.3. The molecule has 0 unspecified atom stereocenters. The smallest absolute Gasteiger partial charge is 0.210 e. The van der Waals surface area contributed by atoms with Gasteiger partial charge in [0.2, 0.25) is 5.69 Å². The molecule has 0 N–H and O–H groups in total. The molecule has 0 saturated carbocycles. The fraction of sp³-hybridized carbons (Fsp3) is 0.341. The molecule has 3 aliphatic rings. The van der Waals surface area contributed by atoms with Gasteiger partial charge in [0.15, 0.2) is 12.3 Å². The van der Waals surface area contributed by atoms with Crippen LogP contribution in [0, 0.1) is 0 Å². The lowest BCUT2D eigenvalue weighted by atomic mass is 9.79. The summed E-state index contributed by atoms with van der Waals surface area (Å²) in [5.41, 5.74) is 10.6. The molecule has 1 aliphatic carbocycles. The van der Waals surface area contributed by atoms with Crippen LogP contribution in [0.1, 0.15) is 58.1 Å². The molecular formula is C44H49N2O2+. The first-order valence-electron chi connectivity index (χ1n) is 17.5. The minimum Gasteiger partial charge on any atom is -0.383 e. The number of hydrogen-bond acceptors (Lipinski definition) is 3. The van der Waals surface area contributed by atoms with Crippen molar-refractivity contribution in [3.05, 3.63) is 131 Å². The van der Waals surface area contributed by atoms with Gasteiger partial charge in [0.25, 0.3) is 0 Å². The fourth-order valence-electron chi connectivity index (χ4n) is 8.43. The van der Waals surface area contributed by atoms with Gasteiger partial charge < -0.3 is 14.4 Å². The maximum Gasteiger partial charge on any atom is 0.210 e. The third-order valence-corrected chi connectivity index (χ3v) is 10.8. The number of allylic oxidation sites excluding steroid dienone is 8. The Kier molecular flexibility index (Phi) is 8.74. The lowest BCUT2D eigenvalue weighted by Gasteiger charge is -2.27. The molecule has 4 aromatic rings. The number of hydrogen-bond donors (Lipinski definition) is 0. The number of benzene rings is 4. The molecule has 0 atom stereocenters. The van der Waals surface area contributed by atoms with Crippen molar-refractivity contribution >= 4 is 38.6 Å². The van der Waals surface area contributed by atoms with Gasteiger partial charge in [0, 0.05) is 55.3 Å². The van der Waals surface area contributed by atoms with Gasteiger partial charge in [-0.15, -0.1) is 0 Å². The van der Waals surface area contributed by atoms with Gasteiger partial charge >= 0.3 is 0 Å². The molecule has 0 aromatic heterocycles. The standard InChI is InChI=1S/C44H49N2O2/c1-43(2)39(45(26-28-47-5)37-22-20-33-14-7-9-16-35(33)41(37)43)24-18-31-12-11-13-32(30-31)19-25-40-44(3,4)42-36-17-10-8-15-34(36)21-23-38(42)46(40)27-29-48-6/h7-10,14-25,30H,11-13,26-29H2,1-6H3/q+1. The Morgan fingerprint density at radius 1 is 0.729 bits per heavy atom. The van der Waals surface area contributed by atoms with Crippen LogP contribution < -0.4 is 4.90 Å². The van der Waals surface area contributed by atoms with Crippen LogP contribution >= 0.6 is 0 Å². The highest BCUT2D eigenvalue weighted by atomic mass is 16.5. The second kappa shape index (κ2) is 13.0. The largest absolute Gasteiger partial charge is 0.383 e. The highest BCUT2D eigenvalue weighted by molar-refractivity contribution is 6.07. The van der Waals surface area contributed by atoms with E-state index in [1.165, 1.54) is 66.6 Å². The summed E-state index contributed by atoms with van der Waals surface area (Å²) in [6, 6.07) is 26.7. The molecule has 0 bridgehead atoms. The summed E-state index contributed by atoms with van der Waals surface area (Å²) in [6.07, 6.45) is 15.3. The van der Waals surface area contributed by atoms with Crippen LogP contribution in [0.4, 0.5) is 11.4 Å².